The van der Waals surface area contributed by atoms with Crippen molar-refractivity contribution in [2.75, 3.05) is 11.5 Å². The van der Waals surface area contributed by atoms with Crippen molar-refractivity contribution in [3.8, 4) is 5.75 Å². The van der Waals surface area contributed by atoms with E-state index in [-0.39, 0.29) is 17.0 Å². The van der Waals surface area contributed by atoms with Crippen LogP contribution in [-0.2, 0) is 15.8 Å². The van der Waals surface area contributed by atoms with Crippen molar-refractivity contribution >= 4 is 23.1 Å². The maximum atomic E-state index is 13.2. The zero-order valence-corrected chi connectivity index (χ0v) is 19.7. The molecule has 0 bridgehead atoms. The fraction of sp³-hybridized carbons (Fsp3) is 0.214. The molecule has 1 heterocycles. The third kappa shape index (κ3) is 4.84. The van der Waals surface area contributed by atoms with Crippen molar-refractivity contribution in [3.63, 3.8) is 0 Å². The lowest BCUT2D eigenvalue weighted by Gasteiger charge is -2.26. The first-order chi connectivity index (χ1) is 17.1. The molecule has 1 atom stereocenters. The molecule has 0 aromatic heterocycles. The van der Waals surface area contributed by atoms with Gasteiger partial charge in [-0.1, -0.05) is 36.8 Å². The minimum Gasteiger partial charge on any atom is -0.507 e. The van der Waals surface area contributed by atoms with Crippen LogP contribution in [0.5, 0.6) is 5.75 Å². The average Bonchev–Trinajstić information content (AvgIpc) is 3.12. The first-order valence-corrected chi connectivity index (χ1v) is 11.4. The molecule has 4 rings (SSSR count). The summed E-state index contributed by atoms with van der Waals surface area (Å²) in [5, 5.41) is 11.2. The predicted molar refractivity (Wildman–Crippen MR) is 130 cm³/mol. The minimum absolute atomic E-state index is 0.110. The number of hydrogen-bond acceptors (Lipinski definition) is 4. The third-order valence-corrected chi connectivity index (χ3v) is 5.88. The van der Waals surface area contributed by atoms with Crippen molar-refractivity contribution in [2.45, 2.75) is 32.5 Å². The summed E-state index contributed by atoms with van der Waals surface area (Å²) in [5.74, 6) is -1.65. The van der Waals surface area contributed by atoms with E-state index in [1.165, 1.54) is 0 Å². The van der Waals surface area contributed by atoms with Crippen LogP contribution in [0.2, 0.25) is 0 Å². The summed E-state index contributed by atoms with van der Waals surface area (Å²) in [4.78, 5) is 27.5. The van der Waals surface area contributed by atoms with E-state index >= 15 is 0 Å². The molecule has 1 amide bonds. The predicted octanol–water partition coefficient (Wildman–Crippen LogP) is 6.43. The van der Waals surface area contributed by atoms with Gasteiger partial charge < -0.3 is 9.84 Å². The number of ether oxygens (including phenoxy) is 1. The van der Waals surface area contributed by atoms with Gasteiger partial charge in [0.15, 0.2) is 0 Å². The van der Waals surface area contributed by atoms with Crippen LogP contribution in [0.4, 0.5) is 18.9 Å². The van der Waals surface area contributed by atoms with Crippen molar-refractivity contribution in [1.29, 1.82) is 0 Å². The Kier molecular flexibility index (Phi) is 6.88. The molecule has 1 unspecified atom stereocenters. The van der Waals surface area contributed by atoms with Gasteiger partial charge in [0.1, 0.15) is 11.5 Å². The molecule has 1 aliphatic heterocycles. The topological polar surface area (TPSA) is 66.8 Å². The van der Waals surface area contributed by atoms with Crippen LogP contribution in [0, 0.1) is 6.92 Å². The largest absolute Gasteiger partial charge is 0.507 e. The number of ketones is 1. The van der Waals surface area contributed by atoms with Gasteiger partial charge in [-0.15, -0.1) is 0 Å². The maximum Gasteiger partial charge on any atom is 0.416 e. The number of alkyl halides is 3. The van der Waals surface area contributed by atoms with Gasteiger partial charge in [0.25, 0.3) is 11.7 Å². The summed E-state index contributed by atoms with van der Waals surface area (Å²) in [6.45, 7) is 4.33. The summed E-state index contributed by atoms with van der Waals surface area (Å²) < 4.78 is 44.8. The highest BCUT2D eigenvalue weighted by atomic mass is 19.4. The highest BCUT2D eigenvalue weighted by molar-refractivity contribution is 6.51. The van der Waals surface area contributed by atoms with Crippen LogP contribution >= 0.6 is 0 Å². The molecule has 5 nitrogen and oxygen atoms in total. The Morgan fingerprint density at radius 3 is 2.25 bits per heavy atom. The number of carbonyl (C=O) groups is 2. The van der Waals surface area contributed by atoms with Gasteiger partial charge in [0.2, 0.25) is 0 Å². The quantitative estimate of drug-likeness (QED) is 0.243. The fourth-order valence-corrected chi connectivity index (χ4v) is 4.15. The highest BCUT2D eigenvalue weighted by Gasteiger charge is 2.47. The lowest BCUT2D eigenvalue weighted by atomic mass is 9.94. The highest BCUT2D eigenvalue weighted by Crippen LogP contribution is 2.43. The van der Waals surface area contributed by atoms with E-state index in [1.54, 1.807) is 42.5 Å². The van der Waals surface area contributed by atoms with E-state index in [4.69, 9.17) is 4.74 Å². The second kappa shape index (κ2) is 9.89. The second-order valence-corrected chi connectivity index (χ2v) is 8.50. The van der Waals surface area contributed by atoms with Gasteiger partial charge in [0, 0.05) is 11.3 Å². The molecule has 1 fully saturated rings. The standard InChI is InChI=1S/C28H24F3NO4/c1-3-15-36-22-13-7-18(8-14-22)25(33)23-24(19-6-4-5-17(2)16-19)32(27(35)26(23)34)21-11-9-20(10-12-21)28(29,30)31/h4-14,16,24,33H,3,15H2,1-2H3/b25-23+. The van der Waals surface area contributed by atoms with E-state index in [1.807, 2.05) is 19.9 Å². The number of aliphatic hydroxyl groups excluding tert-OH is 1. The molecular formula is C28H24F3NO4. The molecular weight excluding hydrogens is 471 g/mol. The van der Waals surface area contributed by atoms with E-state index in [0.717, 1.165) is 41.1 Å². The van der Waals surface area contributed by atoms with Gasteiger partial charge in [-0.3, -0.25) is 14.5 Å². The molecule has 0 aliphatic carbocycles. The van der Waals surface area contributed by atoms with Crippen molar-refractivity contribution in [1.82, 2.24) is 0 Å². The summed E-state index contributed by atoms with van der Waals surface area (Å²) in [5.41, 5.74) is 0.787. The summed E-state index contributed by atoms with van der Waals surface area (Å²) >= 11 is 0. The monoisotopic (exact) mass is 495 g/mol. The van der Waals surface area contributed by atoms with Crippen LogP contribution in [0.15, 0.2) is 78.4 Å². The summed E-state index contributed by atoms with van der Waals surface area (Å²) in [6, 6.07) is 16.5. The van der Waals surface area contributed by atoms with Crippen LogP contribution in [-0.4, -0.2) is 23.4 Å². The molecule has 0 spiro atoms. The van der Waals surface area contributed by atoms with Crippen LogP contribution in [0.1, 0.15) is 41.6 Å². The molecule has 8 heteroatoms. The van der Waals surface area contributed by atoms with Crippen LogP contribution in [0.25, 0.3) is 5.76 Å². The molecule has 3 aromatic rings. The molecule has 1 aliphatic rings. The number of nitrogens with zero attached hydrogens (tertiary/aromatic N) is 1. The van der Waals surface area contributed by atoms with E-state index < -0.39 is 29.5 Å². The normalized spacial score (nSPS) is 17.5. The Bertz CT molecular complexity index is 1310. The lowest BCUT2D eigenvalue weighted by molar-refractivity contribution is -0.137. The number of halogens is 3. The van der Waals surface area contributed by atoms with Gasteiger partial charge in [0.05, 0.1) is 23.8 Å². The molecule has 1 saturated heterocycles. The van der Waals surface area contributed by atoms with Gasteiger partial charge in [-0.25, -0.2) is 0 Å². The van der Waals surface area contributed by atoms with Crippen LogP contribution in [0.3, 0.4) is 0 Å². The third-order valence-electron chi connectivity index (χ3n) is 5.88. The first kappa shape index (κ1) is 25.0. The van der Waals surface area contributed by atoms with Gasteiger partial charge in [-0.2, -0.15) is 13.2 Å². The molecule has 1 N–H and O–H groups in total. The number of anilines is 1. The molecule has 0 saturated carbocycles. The molecule has 0 radical (unpaired) electrons. The van der Waals surface area contributed by atoms with Crippen molar-refractivity contribution in [3.05, 3.63) is 101 Å². The van der Waals surface area contributed by atoms with E-state index in [2.05, 4.69) is 0 Å². The van der Waals surface area contributed by atoms with E-state index in [9.17, 15) is 27.9 Å². The summed E-state index contributed by atoms with van der Waals surface area (Å²) in [7, 11) is 0. The number of benzene rings is 3. The average molecular weight is 495 g/mol. The van der Waals surface area contributed by atoms with Crippen molar-refractivity contribution < 1.29 is 32.6 Å². The zero-order chi connectivity index (χ0) is 26.0. The van der Waals surface area contributed by atoms with Gasteiger partial charge >= 0.3 is 6.18 Å². The Labute approximate surface area is 206 Å². The van der Waals surface area contributed by atoms with Gasteiger partial charge in [-0.05, 0) is 67.4 Å². The first-order valence-electron chi connectivity index (χ1n) is 11.4. The smallest absolute Gasteiger partial charge is 0.416 e. The number of aryl methyl sites for hydroxylation is 1. The summed E-state index contributed by atoms with van der Waals surface area (Å²) in [6.07, 6.45) is -3.72. The van der Waals surface area contributed by atoms with Crippen molar-refractivity contribution in [2.24, 2.45) is 0 Å². The maximum absolute atomic E-state index is 13.2. The Morgan fingerprint density at radius 1 is 1.00 bits per heavy atom. The van der Waals surface area contributed by atoms with Crippen LogP contribution < -0.4 is 9.64 Å². The lowest BCUT2D eigenvalue weighted by Crippen LogP contribution is -2.29. The number of carbonyl (C=O) groups excluding carboxylic acids is 2. The zero-order valence-electron chi connectivity index (χ0n) is 19.7. The number of rotatable bonds is 6. The SMILES string of the molecule is CCCOc1ccc(/C(O)=C2\C(=O)C(=O)N(c3ccc(C(F)(F)F)cc3)C2c2cccc(C)c2)cc1. The number of hydrogen-bond donors (Lipinski definition) is 1. The molecule has 3 aromatic carbocycles. The number of amides is 1. The Balaban J connectivity index is 1.84. The molecule has 36 heavy (non-hydrogen) atoms. The molecule has 186 valence electrons. The fourth-order valence-electron chi connectivity index (χ4n) is 4.15. The number of Topliss-reactive ketones (excluding diaryl/α,β-unsaturated/α-hetero) is 1. The Morgan fingerprint density at radius 2 is 1.67 bits per heavy atom. The minimum atomic E-state index is -4.55. The number of aliphatic hydroxyl groups is 1. The Hall–Kier alpha value is -4.07. The van der Waals surface area contributed by atoms with E-state index in [0.29, 0.717) is 23.5 Å². The second-order valence-electron chi connectivity index (χ2n) is 8.50.